The Kier molecular flexibility index (Phi) is 5.12. The van der Waals surface area contributed by atoms with Crippen LogP contribution in [0.15, 0.2) is 0 Å². The number of nitrogens with one attached hydrogen (secondary N) is 1. The van der Waals surface area contributed by atoms with Crippen molar-refractivity contribution < 1.29 is 0 Å². The fraction of sp³-hybridized carbons (Fsp3) is 1.00. The Bertz CT molecular complexity index is 134. The number of hydrogen-bond donors (Lipinski definition) is 1. The Balaban J connectivity index is 2.17. The van der Waals surface area contributed by atoms with E-state index in [9.17, 15) is 0 Å². The van der Waals surface area contributed by atoms with Crippen LogP contribution in [0.5, 0.6) is 0 Å². The Hall–Kier alpha value is 0.250. The van der Waals surface area contributed by atoms with Gasteiger partial charge < -0.3 is 5.32 Å². The van der Waals surface area contributed by atoms with Gasteiger partial charge in [-0.25, -0.2) is 0 Å². The molecule has 2 unspecified atom stereocenters. The zero-order chi connectivity index (χ0) is 9.68. The minimum absolute atomic E-state index is 0.432. The van der Waals surface area contributed by atoms with Crippen molar-refractivity contribution in [2.24, 2.45) is 5.92 Å². The molecule has 1 nitrogen and oxygen atoms in total. The molecule has 0 aromatic rings. The summed E-state index contributed by atoms with van der Waals surface area (Å²) in [5, 5.41) is 4.04. The Labute approximate surface area is 87.2 Å². The number of alkyl halides is 1. The Morgan fingerprint density at radius 1 is 1.31 bits per heavy atom. The van der Waals surface area contributed by atoms with Crippen molar-refractivity contribution in [1.29, 1.82) is 0 Å². The van der Waals surface area contributed by atoms with Crippen molar-refractivity contribution in [1.82, 2.24) is 5.32 Å². The molecule has 2 atom stereocenters. The summed E-state index contributed by atoms with van der Waals surface area (Å²) >= 11 is 6.21. The quantitative estimate of drug-likeness (QED) is 0.677. The van der Waals surface area contributed by atoms with E-state index in [2.05, 4.69) is 19.2 Å². The first-order valence-corrected chi connectivity index (χ1v) is 6.09. The van der Waals surface area contributed by atoms with Gasteiger partial charge in [-0.1, -0.05) is 20.3 Å². The molecule has 78 valence electrons. The van der Waals surface area contributed by atoms with Gasteiger partial charge in [-0.2, -0.15) is 0 Å². The van der Waals surface area contributed by atoms with Crippen molar-refractivity contribution >= 4 is 11.6 Å². The van der Waals surface area contributed by atoms with Crippen LogP contribution in [0.2, 0.25) is 0 Å². The molecule has 13 heavy (non-hydrogen) atoms. The van der Waals surface area contributed by atoms with Crippen molar-refractivity contribution in [2.75, 3.05) is 6.54 Å². The highest BCUT2D eigenvalue weighted by Gasteiger charge is 2.25. The van der Waals surface area contributed by atoms with Crippen LogP contribution >= 0.6 is 11.6 Å². The van der Waals surface area contributed by atoms with Crippen LogP contribution < -0.4 is 5.32 Å². The normalized spacial score (nSPS) is 28.6. The molecule has 2 heteroatoms. The Morgan fingerprint density at radius 2 is 2.00 bits per heavy atom. The third kappa shape index (κ3) is 3.47. The second-order valence-electron chi connectivity index (χ2n) is 4.13. The van der Waals surface area contributed by atoms with Crippen LogP contribution in [0, 0.1) is 5.92 Å². The van der Waals surface area contributed by atoms with E-state index in [0.29, 0.717) is 11.4 Å². The van der Waals surface area contributed by atoms with Crippen LogP contribution in [0.4, 0.5) is 0 Å². The lowest BCUT2D eigenvalue weighted by atomic mass is 10.1. The summed E-state index contributed by atoms with van der Waals surface area (Å²) in [6.45, 7) is 5.61. The average Bonchev–Trinajstić information content (AvgIpc) is 2.54. The molecule has 1 rings (SSSR count). The van der Waals surface area contributed by atoms with E-state index in [4.69, 9.17) is 11.6 Å². The minimum Gasteiger partial charge on any atom is -0.314 e. The molecule has 0 bridgehead atoms. The van der Waals surface area contributed by atoms with Crippen LogP contribution in [-0.4, -0.2) is 18.0 Å². The molecule has 0 aliphatic heterocycles. The largest absolute Gasteiger partial charge is 0.314 e. The number of halogens is 1. The molecule has 1 aliphatic rings. The predicted octanol–water partition coefficient (Wildman–Crippen LogP) is 3.17. The van der Waals surface area contributed by atoms with Crippen LogP contribution in [0.1, 0.15) is 46.0 Å². The maximum Gasteiger partial charge on any atom is 0.0376 e. The van der Waals surface area contributed by atoms with Gasteiger partial charge in [-0.15, -0.1) is 11.6 Å². The standard InChI is InChI=1S/C11H22ClN/c1-3-10(4-2)13-8-9-6-5-7-11(9)12/h9-11,13H,3-8H2,1-2H3. The van der Waals surface area contributed by atoms with E-state index in [1.165, 1.54) is 32.1 Å². The molecule has 1 fully saturated rings. The van der Waals surface area contributed by atoms with E-state index in [1.807, 2.05) is 0 Å². The van der Waals surface area contributed by atoms with Crippen molar-refractivity contribution in [3.8, 4) is 0 Å². The van der Waals surface area contributed by atoms with Gasteiger partial charge in [-0.05, 0) is 38.1 Å². The van der Waals surface area contributed by atoms with Crippen molar-refractivity contribution in [2.45, 2.75) is 57.4 Å². The van der Waals surface area contributed by atoms with Crippen LogP contribution in [0.25, 0.3) is 0 Å². The van der Waals surface area contributed by atoms with Gasteiger partial charge in [0.2, 0.25) is 0 Å². The first kappa shape index (κ1) is 11.3. The lowest BCUT2D eigenvalue weighted by Gasteiger charge is -2.19. The predicted molar refractivity (Wildman–Crippen MR) is 59.4 cm³/mol. The first-order valence-electron chi connectivity index (χ1n) is 5.65. The van der Waals surface area contributed by atoms with Gasteiger partial charge in [0.15, 0.2) is 0 Å². The minimum atomic E-state index is 0.432. The van der Waals surface area contributed by atoms with Gasteiger partial charge in [0.25, 0.3) is 0 Å². The van der Waals surface area contributed by atoms with E-state index in [0.717, 1.165) is 12.5 Å². The smallest absolute Gasteiger partial charge is 0.0376 e. The van der Waals surface area contributed by atoms with Gasteiger partial charge >= 0.3 is 0 Å². The van der Waals surface area contributed by atoms with E-state index < -0.39 is 0 Å². The fourth-order valence-corrected chi connectivity index (χ4v) is 2.49. The molecule has 1 saturated carbocycles. The summed E-state index contributed by atoms with van der Waals surface area (Å²) in [4.78, 5) is 0. The van der Waals surface area contributed by atoms with E-state index in [1.54, 1.807) is 0 Å². The Morgan fingerprint density at radius 3 is 2.46 bits per heavy atom. The van der Waals surface area contributed by atoms with Gasteiger partial charge in [-0.3, -0.25) is 0 Å². The van der Waals surface area contributed by atoms with Gasteiger partial charge in [0, 0.05) is 11.4 Å². The number of rotatable bonds is 5. The molecular weight excluding hydrogens is 182 g/mol. The van der Waals surface area contributed by atoms with E-state index >= 15 is 0 Å². The molecule has 1 N–H and O–H groups in total. The zero-order valence-corrected chi connectivity index (χ0v) is 9.61. The molecule has 0 aromatic carbocycles. The monoisotopic (exact) mass is 203 g/mol. The molecular formula is C11H22ClN. The third-order valence-corrected chi connectivity index (χ3v) is 3.80. The SMILES string of the molecule is CCC(CC)NCC1CCCC1Cl. The highest BCUT2D eigenvalue weighted by molar-refractivity contribution is 6.20. The molecule has 0 aromatic heterocycles. The van der Waals surface area contributed by atoms with E-state index in [-0.39, 0.29) is 0 Å². The molecule has 0 heterocycles. The molecule has 0 saturated heterocycles. The zero-order valence-electron chi connectivity index (χ0n) is 8.85. The maximum atomic E-state index is 6.21. The van der Waals surface area contributed by atoms with Crippen molar-refractivity contribution in [3.05, 3.63) is 0 Å². The summed E-state index contributed by atoms with van der Waals surface area (Å²) in [5.74, 6) is 0.724. The van der Waals surface area contributed by atoms with Crippen LogP contribution in [-0.2, 0) is 0 Å². The lowest BCUT2D eigenvalue weighted by Crippen LogP contribution is -2.33. The third-order valence-electron chi connectivity index (χ3n) is 3.22. The van der Waals surface area contributed by atoms with Gasteiger partial charge in [0.1, 0.15) is 0 Å². The second kappa shape index (κ2) is 5.87. The van der Waals surface area contributed by atoms with Crippen LogP contribution in [0.3, 0.4) is 0 Å². The maximum absolute atomic E-state index is 6.21. The number of hydrogen-bond acceptors (Lipinski definition) is 1. The molecule has 0 radical (unpaired) electrons. The van der Waals surface area contributed by atoms with Gasteiger partial charge in [0.05, 0.1) is 0 Å². The molecule has 0 amide bonds. The summed E-state index contributed by atoms with van der Waals surface area (Å²) in [6.07, 6.45) is 6.33. The molecule has 0 spiro atoms. The highest BCUT2D eigenvalue weighted by atomic mass is 35.5. The summed E-state index contributed by atoms with van der Waals surface area (Å²) in [5.41, 5.74) is 0. The lowest BCUT2D eigenvalue weighted by molar-refractivity contribution is 0.418. The fourth-order valence-electron chi connectivity index (χ4n) is 2.12. The average molecular weight is 204 g/mol. The first-order chi connectivity index (χ1) is 6.27. The topological polar surface area (TPSA) is 12.0 Å². The highest BCUT2D eigenvalue weighted by Crippen LogP contribution is 2.29. The summed E-state index contributed by atoms with van der Waals surface area (Å²) in [6, 6.07) is 0.699. The summed E-state index contributed by atoms with van der Waals surface area (Å²) in [7, 11) is 0. The molecule has 1 aliphatic carbocycles. The summed E-state index contributed by atoms with van der Waals surface area (Å²) < 4.78 is 0. The van der Waals surface area contributed by atoms with Crippen molar-refractivity contribution in [3.63, 3.8) is 0 Å². The second-order valence-corrected chi connectivity index (χ2v) is 4.69.